The van der Waals surface area contributed by atoms with E-state index in [0.29, 0.717) is 23.0 Å². The number of fused-ring (bicyclic) bond motifs is 1. The van der Waals surface area contributed by atoms with E-state index in [0.717, 1.165) is 24.9 Å². The van der Waals surface area contributed by atoms with Crippen molar-refractivity contribution in [2.45, 2.75) is 18.9 Å². The molecule has 1 aliphatic rings. The molecule has 2 aromatic carbocycles. The summed E-state index contributed by atoms with van der Waals surface area (Å²) in [6, 6.07) is 15.8. The molecule has 1 aliphatic heterocycles. The Kier molecular flexibility index (Phi) is 5.60. The molecule has 5 rings (SSSR count). The number of halogens is 2. The molecule has 2 aromatic heterocycles. The van der Waals surface area contributed by atoms with E-state index >= 15 is 0 Å². The standard InChI is InChI=1S/C24H21F2N5O2/c25-17-6-8-19(9-7-17)33-15-24(32)28-23-14-27-21-10-11-22(29-31(21)23)30-12-2-5-20(30)16-3-1-4-18(26)13-16/h1,3-4,6-11,13-14,20H,2,5,12,15H2,(H,28,32). The quantitative estimate of drug-likeness (QED) is 0.473. The van der Waals surface area contributed by atoms with E-state index in [1.165, 1.54) is 36.5 Å². The maximum absolute atomic E-state index is 13.8. The molecule has 1 amide bonds. The van der Waals surface area contributed by atoms with Crippen LogP contribution in [-0.2, 0) is 4.79 Å². The molecule has 0 aliphatic carbocycles. The second kappa shape index (κ2) is 8.85. The van der Waals surface area contributed by atoms with Crippen molar-refractivity contribution in [1.29, 1.82) is 0 Å². The van der Waals surface area contributed by atoms with Crippen molar-refractivity contribution in [2.75, 3.05) is 23.4 Å². The topological polar surface area (TPSA) is 71.8 Å². The zero-order valence-electron chi connectivity index (χ0n) is 17.6. The van der Waals surface area contributed by atoms with Crippen LogP contribution in [-0.4, -0.2) is 33.7 Å². The summed E-state index contributed by atoms with van der Waals surface area (Å²) in [7, 11) is 0. The number of anilines is 2. The third-order valence-corrected chi connectivity index (χ3v) is 5.58. The molecule has 1 unspecified atom stereocenters. The van der Waals surface area contributed by atoms with Crippen molar-refractivity contribution in [3.8, 4) is 5.75 Å². The Morgan fingerprint density at radius 2 is 1.94 bits per heavy atom. The number of benzene rings is 2. The summed E-state index contributed by atoms with van der Waals surface area (Å²) in [6.45, 7) is 0.550. The van der Waals surface area contributed by atoms with Gasteiger partial charge in [0.1, 0.15) is 23.2 Å². The highest BCUT2D eigenvalue weighted by molar-refractivity contribution is 5.91. The van der Waals surface area contributed by atoms with Crippen molar-refractivity contribution < 1.29 is 18.3 Å². The molecule has 168 valence electrons. The molecule has 4 aromatic rings. The summed E-state index contributed by atoms with van der Waals surface area (Å²) in [5.74, 6) is 0.475. The van der Waals surface area contributed by atoms with Crippen molar-refractivity contribution in [3.05, 3.63) is 84.1 Å². The minimum atomic E-state index is -0.396. The zero-order chi connectivity index (χ0) is 22.8. The van der Waals surface area contributed by atoms with Crippen LogP contribution in [0.15, 0.2) is 66.9 Å². The Morgan fingerprint density at radius 3 is 2.76 bits per heavy atom. The molecule has 33 heavy (non-hydrogen) atoms. The van der Waals surface area contributed by atoms with Gasteiger partial charge in [-0.05, 0) is 66.9 Å². The summed E-state index contributed by atoms with van der Waals surface area (Å²) in [5.41, 5.74) is 1.49. The van der Waals surface area contributed by atoms with Crippen LogP contribution in [0, 0.1) is 11.6 Å². The maximum Gasteiger partial charge on any atom is 0.263 e. The highest BCUT2D eigenvalue weighted by atomic mass is 19.1. The van der Waals surface area contributed by atoms with Gasteiger partial charge in [0.15, 0.2) is 18.1 Å². The molecule has 7 nitrogen and oxygen atoms in total. The van der Waals surface area contributed by atoms with E-state index in [1.807, 2.05) is 18.2 Å². The number of rotatable bonds is 6. The van der Waals surface area contributed by atoms with Gasteiger partial charge in [-0.15, -0.1) is 5.10 Å². The van der Waals surface area contributed by atoms with Gasteiger partial charge in [0, 0.05) is 6.54 Å². The van der Waals surface area contributed by atoms with Gasteiger partial charge in [0.2, 0.25) is 0 Å². The van der Waals surface area contributed by atoms with Crippen molar-refractivity contribution in [1.82, 2.24) is 14.6 Å². The fraction of sp³-hybridized carbons (Fsp3) is 0.208. The minimum Gasteiger partial charge on any atom is -0.484 e. The Bertz CT molecular complexity index is 1290. The first-order chi connectivity index (χ1) is 16.1. The van der Waals surface area contributed by atoms with E-state index in [9.17, 15) is 13.6 Å². The molecule has 1 N–H and O–H groups in total. The van der Waals surface area contributed by atoms with Crippen LogP contribution in [0.25, 0.3) is 5.65 Å². The smallest absolute Gasteiger partial charge is 0.263 e. The minimum absolute atomic E-state index is 0.0244. The van der Waals surface area contributed by atoms with Gasteiger partial charge in [-0.2, -0.15) is 4.52 Å². The lowest BCUT2D eigenvalue weighted by atomic mass is 10.0. The number of carbonyl (C=O) groups excluding carboxylic acids is 1. The van der Waals surface area contributed by atoms with Crippen molar-refractivity contribution >= 4 is 23.2 Å². The van der Waals surface area contributed by atoms with Gasteiger partial charge >= 0.3 is 0 Å². The molecular formula is C24H21F2N5O2. The van der Waals surface area contributed by atoms with E-state index in [1.54, 1.807) is 16.6 Å². The SMILES string of the molecule is O=C(COc1ccc(F)cc1)Nc1cnc2ccc(N3CCCC3c3cccc(F)c3)nn12. The predicted molar refractivity (Wildman–Crippen MR) is 119 cm³/mol. The van der Waals surface area contributed by atoms with Gasteiger partial charge < -0.3 is 15.0 Å². The maximum atomic E-state index is 13.8. The van der Waals surface area contributed by atoms with E-state index in [-0.39, 0.29) is 24.3 Å². The highest BCUT2D eigenvalue weighted by Gasteiger charge is 2.28. The van der Waals surface area contributed by atoms with Crippen LogP contribution in [0.1, 0.15) is 24.4 Å². The molecule has 0 spiro atoms. The van der Waals surface area contributed by atoms with Crippen LogP contribution >= 0.6 is 0 Å². The number of imidazole rings is 1. The number of nitrogens with zero attached hydrogens (tertiary/aromatic N) is 4. The highest BCUT2D eigenvalue weighted by Crippen LogP contribution is 2.35. The molecule has 0 saturated carbocycles. The largest absolute Gasteiger partial charge is 0.484 e. The van der Waals surface area contributed by atoms with Crippen LogP contribution in [0.3, 0.4) is 0 Å². The molecule has 0 radical (unpaired) electrons. The monoisotopic (exact) mass is 449 g/mol. The molecular weight excluding hydrogens is 428 g/mol. The summed E-state index contributed by atoms with van der Waals surface area (Å²) in [6.07, 6.45) is 3.39. The van der Waals surface area contributed by atoms with Crippen molar-refractivity contribution in [3.63, 3.8) is 0 Å². The summed E-state index contributed by atoms with van der Waals surface area (Å²) < 4.78 is 33.7. The van der Waals surface area contributed by atoms with E-state index in [2.05, 4.69) is 20.3 Å². The first-order valence-electron chi connectivity index (χ1n) is 10.6. The molecule has 0 bridgehead atoms. The Labute approximate surface area is 188 Å². The molecule has 3 heterocycles. The molecule has 9 heteroatoms. The second-order valence-electron chi connectivity index (χ2n) is 7.80. The number of hydrogen-bond acceptors (Lipinski definition) is 5. The number of aromatic nitrogens is 3. The molecule has 1 fully saturated rings. The van der Waals surface area contributed by atoms with Crippen LogP contribution in [0.2, 0.25) is 0 Å². The first-order valence-corrected chi connectivity index (χ1v) is 10.6. The fourth-order valence-corrected chi connectivity index (χ4v) is 4.06. The number of hydrogen-bond donors (Lipinski definition) is 1. The Morgan fingerprint density at radius 1 is 1.09 bits per heavy atom. The fourth-order valence-electron chi connectivity index (χ4n) is 4.06. The summed E-state index contributed by atoms with van der Waals surface area (Å²) >= 11 is 0. The first kappa shape index (κ1) is 20.9. The van der Waals surface area contributed by atoms with Gasteiger partial charge in [-0.25, -0.2) is 13.8 Å². The lowest BCUT2D eigenvalue weighted by Crippen LogP contribution is -2.25. The Balaban J connectivity index is 1.33. The van der Waals surface area contributed by atoms with Gasteiger partial charge in [0.25, 0.3) is 5.91 Å². The van der Waals surface area contributed by atoms with Gasteiger partial charge in [0.05, 0.1) is 12.2 Å². The lowest BCUT2D eigenvalue weighted by Gasteiger charge is -2.26. The van der Waals surface area contributed by atoms with E-state index in [4.69, 9.17) is 4.74 Å². The lowest BCUT2D eigenvalue weighted by molar-refractivity contribution is -0.118. The molecule has 1 saturated heterocycles. The van der Waals surface area contributed by atoms with Crippen LogP contribution in [0.4, 0.5) is 20.4 Å². The predicted octanol–water partition coefficient (Wildman–Crippen LogP) is 4.37. The third kappa shape index (κ3) is 4.48. The number of ether oxygens (including phenoxy) is 1. The number of nitrogens with one attached hydrogen (secondary N) is 1. The number of amides is 1. The average Bonchev–Trinajstić information content (AvgIpc) is 3.46. The summed E-state index contributed by atoms with van der Waals surface area (Å²) in [4.78, 5) is 18.8. The third-order valence-electron chi connectivity index (χ3n) is 5.58. The van der Waals surface area contributed by atoms with Gasteiger partial charge in [-0.1, -0.05) is 12.1 Å². The molecule has 1 atom stereocenters. The number of carbonyl (C=O) groups is 1. The van der Waals surface area contributed by atoms with Gasteiger partial charge in [-0.3, -0.25) is 4.79 Å². The van der Waals surface area contributed by atoms with E-state index < -0.39 is 5.91 Å². The Hall–Kier alpha value is -4.01. The zero-order valence-corrected chi connectivity index (χ0v) is 17.6. The van der Waals surface area contributed by atoms with Crippen LogP contribution in [0.5, 0.6) is 5.75 Å². The van der Waals surface area contributed by atoms with Crippen LogP contribution < -0.4 is 15.0 Å². The second-order valence-corrected chi connectivity index (χ2v) is 7.80. The summed E-state index contributed by atoms with van der Waals surface area (Å²) in [5, 5.41) is 7.43. The average molecular weight is 449 g/mol. The van der Waals surface area contributed by atoms with Crippen molar-refractivity contribution in [2.24, 2.45) is 0 Å². The normalized spacial score (nSPS) is 15.7.